The van der Waals surface area contributed by atoms with Crippen LogP contribution in [0.4, 0.5) is 0 Å². The van der Waals surface area contributed by atoms with E-state index in [4.69, 9.17) is 0 Å². The molecule has 1 saturated heterocycles. The van der Waals surface area contributed by atoms with E-state index in [1.54, 1.807) is 23.7 Å². The van der Waals surface area contributed by atoms with E-state index in [2.05, 4.69) is 23.7 Å². The maximum absolute atomic E-state index is 13.0. The van der Waals surface area contributed by atoms with Gasteiger partial charge in [-0.15, -0.1) is 0 Å². The van der Waals surface area contributed by atoms with Crippen LogP contribution in [0.2, 0.25) is 0 Å². The molecule has 8 heteroatoms. The van der Waals surface area contributed by atoms with E-state index in [1.165, 1.54) is 18.0 Å². The van der Waals surface area contributed by atoms with Crippen molar-refractivity contribution in [3.8, 4) is 0 Å². The maximum Gasteiger partial charge on any atom is 0.332 e. The van der Waals surface area contributed by atoms with Crippen molar-refractivity contribution in [2.45, 2.75) is 33.4 Å². The third-order valence-corrected chi connectivity index (χ3v) is 6.13. The van der Waals surface area contributed by atoms with E-state index in [0.29, 0.717) is 40.9 Å². The van der Waals surface area contributed by atoms with Crippen molar-refractivity contribution in [2.75, 3.05) is 13.1 Å². The number of fused-ring (bicyclic) bond motifs is 1. The number of nitrogens with zero attached hydrogens (tertiary/aromatic N) is 5. The molecule has 164 valence electrons. The summed E-state index contributed by atoms with van der Waals surface area (Å²) in [7, 11) is 3.06. The lowest BCUT2D eigenvalue weighted by molar-refractivity contribution is 0.0967. The first-order valence-electron chi connectivity index (χ1n) is 10.7. The van der Waals surface area contributed by atoms with Gasteiger partial charge >= 0.3 is 5.69 Å². The summed E-state index contributed by atoms with van der Waals surface area (Å²) in [5, 5.41) is 0. The van der Waals surface area contributed by atoms with Gasteiger partial charge in [0.25, 0.3) is 5.56 Å². The van der Waals surface area contributed by atoms with Gasteiger partial charge in [0.15, 0.2) is 16.9 Å². The van der Waals surface area contributed by atoms with Crippen molar-refractivity contribution in [3.63, 3.8) is 0 Å². The lowest BCUT2D eigenvalue weighted by atomic mass is 9.92. The number of carbonyl (C=O) groups is 1. The van der Waals surface area contributed by atoms with E-state index < -0.39 is 11.2 Å². The molecule has 8 nitrogen and oxygen atoms in total. The van der Waals surface area contributed by atoms with Gasteiger partial charge in [-0.05, 0) is 18.3 Å². The van der Waals surface area contributed by atoms with Crippen LogP contribution < -0.4 is 11.2 Å². The Labute approximate surface area is 180 Å². The predicted molar refractivity (Wildman–Crippen MR) is 119 cm³/mol. The van der Waals surface area contributed by atoms with Crippen LogP contribution in [0.5, 0.6) is 0 Å². The van der Waals surface area contributed by atoms with Gasteiger partial charge in [-0.1, -0.05) is 44.2 Å². The highest BCUT2D eigenvalue weighted by atomic mass is 16.2. The standard InChI is InChI=1S/C23H29N5O3/c1-15-10-16(2)12-27(11-15)14-19-24-21-20(22(30)26(4)23(31)25(21)3)28(19)13-18(29)17-8-6-5-7-9-17/h5-9,15-16H,10-14H2,1-4H3/t15-,16+. The monoisotopic (exact) mass is 423 g/mol. The summed E-state index contributed by atoms with van der Waals surface area (Å²) in [6.07, 6.45) is 1.19. The zero-order valence-electron chi connectivity index (χ0n) is 18.5. The van der Waals surface area contributed by atoms with Crippen LogP contribution in [0.15, 0.2) is 39.9 Å². The number of hydrogen-bond acceptors (Lipinski definition) is 5. The van der Waals surface area contributed by atoms with Gasteiger partial charge in [-0.25, -0.2) is 9.78 Å². The number of aryl methyl sites for hydroxylation is 1. The normalized spacial score (nSPS) is 19.7. The number of hydrogen-bond donors (Lipinski definition) is 0. The average Bonchev–Trinajstić information content (AvgIpc) is 3.08. The second kappa shape index (κ2) is 8.26. The molecule has 0 bridgehead atoms. The van der Waals surface area contributed by atoms with Crippen molar-refractivity contribution in [2.24, 2.45) is 25.9 Å². The lowest BCUT2D eigenvalue weighted by Crippen LogP contribution is -2.39. The number of rotatable bonds is 5. The number of carbonyl (C=O) groups excluding carboxylic acids is 1. The van der Waals surface area contributed by atoms with Gasteiger partial charge in [-0.2, -0.15) is 0 Å². The van der Waals surface area contributed by atoms with Gasteiger partial charge in [0.2, 0.25) is 0 Å². The van der Waals surface area contributed by atoms with Crippen molar-refractivity contribution < 1.29 is 4.79 Å². The molecule has 1 aliphatic heterocycles. The molecule has 0 unspecified atom stereocenters. The largest absolute Gasteiger partial charge is 0.332 e. The molecular weight excluding hydrogens is 394 g/mol. The number of Topliss-reactive ketones (excluding diaryl/α,β-unsaturated/α-hetero) is 1. The lowest BCUT2D eigenvalue weighted by Gasteiger charge is -2.34. The number of benzene rings is 1. The molecule has 1 aromatic carbocycles. The van der Waals surface area contributed by atoms with Crippen LogP contribution in [0.1, 0.15) is 36.5 Å². The van der Waals surface area contributed by atoms with E-state index in [-0.39, 0.29) is 12.3 Å². The van der Waals surface area contributed by atoms with Crippen molar-refractivity contribution in [1.29, 1.82) is 0 Å². The van der Waals surface area contributed by atoms with Crippen molar-refractivity contribution in [1.82, 2.24) is 23.6 Å². The minimum absolute atomic E-state index is 0.00222. The van der Waals surface area contributed by atoms with E-state index in [1.807, 2.05) is 18.2 Å². The first-order valence-corrected chi connectivity index (χ1v) is 10.7. The Morgan fingerprint density at radius 2 is 1.68 bits per heavy atom. The molecule has 1 fully saturated rings. The summed E-state index contributed by atoms with van der Waals surface area (Å²) in [5.74, 6) is 1.69. The van der Waals surface area contributed by atoms with Crippen molar-refractivity contribution in [3.05, 3.63) is 62.6 Å². The molecule has 2 atom stereocenters. The van der Waals surface area contributed by atoms with Crippen LogP contribution >= 0.6 is 0 Å². The predicted octanol–water partition coefficient (Wildman–Crippen LogP) is 1.79. The SMILES string of the molecule is C[C@@H]1C[C@H](C)CN(Cc2nc3c(c(=O)n(C)c(=O)n3C)n2CC(=O)c2ccccc2)C1. The molecule has 0 amide bonds. The third-order valence-electron chi connectivity index (χ3n) is 6.13. The molecule has 3 aromatic rings. The number of likely N-dealkylation sites (tertiary alicyclic amines) is 1. The quantitative estimate of drug-likeness (QED) is 0.585. The topological polar surface area (TPSA) is 82.1 Å². The van der Waals surface area contributed by atoms with E-state index in [0.717, 1.165) is 17.7 Å². The summed E-state index contributed by atoms with van der Waals surface area (Å²) < 4.78 is 4.16. The Bertz CT molecular complexity index is 1230. The highest BCUT2D eigenvalue weighted by molar-refractivity contribution is 5.96. The van der Waals surface area contributed by atoms with Crippen LogP contribution in [-0.4, -0.2) is 42.5 Å². The highest BCUT2D eigenvalue weighted by Gasteiger charge is 2.26. The minimum atomic E-state index is -0.432. The number of aromatic nitrogens is 4. The third kappa shape index (κ3) is 3.99. The zero-order valence-corrected chi connectivity index (χ0v) is 18.5. The molecule has 0 spiro atoms. The fourth-order valence-electron chi connectivity index (χ4n) is 4.76. The van der Waals surface area contributed by atoms with Gasteiger partial charge < -0.3 is 4.57 Å². The van der Waals surface area contributed by atoms with Crippen LogP contribution in [-0.2, 0) is 27.2 Å². The zero-order chi connectivity index (χ0) is 22.3. The molecule has 0 radical (unpaired) electrons. The maximum atomic E-state index is 13.0. The number of imidazole rings is 1. The molecular formula is C23H29N5O3. The first-order chi connectivity index (χ1) is 14.8. The second-order valence-electron chi connectivity index (χ2n) is 8.92. The molecule has 3 heterocycles. The molecule has 1 aliphatic rings. The van der Waals surface area contributed by atoms with Crippen LogP contribution in [0.3, 0.4) is 0 Å². The van der Waals surface area contributed by atoms with Gasteiger partial charge in [0, 0.05) is 32.7 Å². The molecule has 0 N–H and O–H groups in total. The summed E-state index contributed by atoms with van der Waals surface area (Å²) in [6, 6.07) is 9.03. The number of piperidine rings is 1. The fourth-order valence-corrected chi connectivity index (χ4v) is 4.76. The van der Waals surface area contributed by atoms with Crippen LogP contribution in [0, 0.1) is 11.8 Å². The molecule has 0 aliphatic carbocycles. The minimum Gasteiger partial charge on any atom is -0.313 e. The Kier molecular flexibility index (Phi) is 5.66. The summed E-state index contributed by atoms with van der Waals surface area (Å²) >= 11 is 0. The molecule has 0 saturated carbocycles. The molecule has 2 aromatic heterocycles. The Balaban J connectivity index is 1.82. The first kappa shape index (κ1) is 21.2. The van der Waals surface area contributed by atoms with Gasteiger partial charge in [-0.3, -0.25) is 23.6 Å². The molecule has 4 rings (SSSR count). The smallest absolute Gasteiger partial charge is 0.313 e. The van der Waals surface area contributed by atoms with Crippen LogP contribution in [0.25, 0.3) is 11.2 Å². The van der Waals surface area contributed by atoms with Crippen molar-refractivity contribution >= 4 is 16.9 Å². The molecule has 31 heavy (non-hydrogen) atoms. The Hall–Kier alpha value is -3.00. The summed E-state index contributed by atoms with van der Waals surface area (Å²) in [6.45, 7) is 6.90. The van der Waals surface area contributed by atoms with Gasteiger partial charge in [0.1, 0.15) is 5.82 Å². The Morgan fingerprint density at radius 1 is 1.03 bits per heavy atom. The highest BCUT2D eigenvalue weighted by Crippen LogP contribution is 2.23. The van der Waals surface area contributed by atoms with E-state index in [9.17, 15) is 14.4 Å². The summed E-state index contributed by atoms with van der Waals surface area (Å²) in [4.78, 5) is 45.5. The fraction of sp³-hybridized carbons (Fsp3) is 0.478. The summed E-state index contributed by atoms with van der Waals surface area (Å²) in [5.41, 5.74) is 0.336. The van der Waals surface area contributed by atoms with Gasteiger partial charge in [0.05, 0.1) is 13.1 Å². The van der Waals surface area contributed by atoms with E-state index >= 15 is 0 Å². The second-order valence-corrected chi connectivity index (χ2v) is 8.92. The number of ketones is 1. The Morgan fingerprint density at radius 3 is 2.32 bits per heavy atom. The average molecular weight is 424 g/mol.